The van der Waals surface area contributed by atoms with Gasteiger partial charge in [0.2, 0.25) is 0 Å². The van der Waals surface area contributed by atoms with Crippen molar-refractivity contribution in [2.75, 3.05) is 6.54 Å². The summed E-state index contributed by atoms with van der Waals surface area (Å²) < 4.78 is 40.1. The van der Waals surface area contributed by atoms with Gasteiger partial charge in [0.25, 0.3) is 5.91 Å². The average molecular weight is 403 g/mol. The third-order valence-corrected chi connectivity index (χ3v) is 4.95. The molecule has 1 saturated carbocycles. The Morgan fingerprint density at radius 1 is 1.37 bits per heavy atom. The highest BCUT2D eigenvalue weighted by Gasteiger charge is 2.31. The third kappa shape index (κ3) is 4.44. The minimum absolute atomic E-state index is 0. The van der Waals surface area contributed by atoms with Gasteiger partial charge in [-0.15, -0.1) is 12.4 Å². The van der Waals surface area contributed by atoms with Crippen LogP contribution >= 0.6 is 12.4 Å². The molecule has 148 valence electrons. The Morgan fingerprint density at radius 3 is 2.78 bits per heavy atom. The summed E-state index contributed by atoms with van der Waals surface area (Å²) in [4.78, 5) is 12.6. The first kappa shape index (κ1) is 21.2. The Morgan fingerprint density at radius 2 is 2.11 bits per heavy atom. The fraction of sp³-hybridized carbons (Fsp3) is 0.444. The number of hydrogen-bond acceptors (Lipinski definition) is 3. The second-order valence-corrected chi connectivity index (χ2v) is 6.61. The largest absolute Gasteiger partial charge is 0.416 e. The van der Waals surface area contributed by atoms with E-state index in [1.54, 1.807) is 6.92 Å². The molecule has 27 heavy (non-hydrogen) atoms. The summed E-state index contributed by atoms with van der Waals surface area (Å²) in [5, 5.41) is 7.09. The molecule has 1 aromatic heterocycles. The van der Waals surface area contributed by atoms with Crippen LogP contribution in [0.4, 0.5) is 13.2 Å². The van der Waals surface area contributed by atoms with Gasteiger partial charge >= 0.3 is 6.18 Å². The molecule has 2 atom stereocenters. The number of rotatable bonds is 4. The lowest BCUT2D eigenvalue weighted by Gasteiger charge is -2.19. The molecule has 0 aliphatic heterocycles. The van der Waals surface area contributed by atoms with E-state index in [1.807, 2.05) is 0 Å². The number of nitrogens with zero attached hydrogens (tertiary/aromatic N) is 2. The number of carbonyl (C=O) groups is 1. The molecule has 2 aromatic rings. The van der Waals surface area contributed by atoms with Gasteiger partial charge in [0.05, 0.1) is 28.7 Å². The lowest BCUT2D eigenvalue weighted by atomic mass is 10.0. The number of aromatic nitrogens is 2. The van der Waals surface area contributed by atoms with Gasteiger partial charge in [0.15, 0.2) is 0 Å². The van der Waals surface area contributed by atoms with Gasteiger partial charge < -0.3 is 11.1 Å². The summed E-state index contributed by atoms with van der Waals surface area (Å²) in [6, 6.07) is 4.90. The van der Waals surface area contributed by atoms with E-state index in [2.05, 4.69) is 10.4 Å². The molecule has 1 aromatic carbocycles. The van der Waals surface area contributed by atoms with Gasteiger partial charge in [-0.3, -0.25) is 4.79 Å². The predicted octanol–water partition coefficient (Wildman–Crippen LogP) is 3.48. The maximum Gasteiger partial charge on any atom is 0.416 e. The molecule has 1 aliphatic carbocycles. The van der Waals surface area contributed by atoms with Crippen molar-refractivity contribution >= 4 is 18.3 Å². The van der Waals surface area contributed by atoms with Crippen molar-refractivity contribution < 1.29 is 18.0 Å². The number of nitrogens with two attached hydrogens (primary N) is 1. The minimum Gasteiger partial charge on any atom is -0.349 e. The molecule has 2 unspecified atom stereocenters. The topological polar surface area (TPSA) is 72.9 Å². The van der Waals surface area contributed by atoms with Crippen LogP contribution in [0.2, 0.25) is 0 Å². The number of halogens is 4. The Labute approximate surface area is 161 Å². The zero-order valence-electron chi connectivity index (χ0n) is 14.8. The number of amides is 1. The average Bonchev–Trinajstić information content (AvgIpc) is 3.20. The maximum atomic E-state index is 12.9. The van der Waals surface area contributed by atoms with Crippen molar-refractivity contribution in [3.05, 3.63) is 47.3 Å². The Kier molecular flexibility index (Phi) is 6.54. The molecule has 1 amide bonds. The van der Waals surface area contributed by atoms with Crippen LogP contribution in [0.15, 0.2) is 30.5 Å². The molecule has 1 heterocycles. The van der Waals surface area contributed by atoms with E-state index >= 15 is 0 Å². The van der Waals surface area contributed by atoms with Crippen molar-refractivity contribution in [1.29, 1.82) is 0 Å². The highest BCUT2D eigenvalue weighted by atomic mass is 35.5. The van der Waals surface area contributed by atoms with E-state index in [0.717, 1.165) is 31.4 Å². The first-order valence-corrected chi connectivity index (χ1v) is 8.54. The summed E-state index contributed by atoms with van der Waals surface area (Å²) in [7, 11) is 0. The molecule has 3 N–H and O–H groups in total. The predicted molar refractivity (Wildman–Crippen MR) is 98.2 cm³/mol. The van der Waals surface area contributed by atoms with Crippen molar-refractivity contribution in [1.82, 2.24) is 15.1 Å². The smallest absolute Gasteiger partial charge is 0.349 e. The van der Waals surface area contributed by atoms with E-state index in [1.165, 1.54) is 23.0 Å². The van der Waals surface area contributed by atoms with Crippen LogP contribution in [0.1, 0.15) is 40.9 Å². The molecule has 9 heteroatoms. The van der Waals surface area contributed by atoms with Crippen LogP contribution in [0.25, 0.3) is 5.69 Å². The normalized spacial score (nSPS) is 19.6. The standard InChI is InChI=1S/C18H21F3N4O.ClH/c1-11-15(17(26)24-16-7-2-4-12(16)9-22)10-23-25(11)14-6-3-5-13(8-14)18(19,20)21;/h3,5-6,8,10,12,16H,2,4,7,9,22H2,1H3,(H,24,26);1H. The summed E-state index contributed by atoms with van der Waals surface area (Å²) in [6.07, 6.45) is -0.151. The van der Waals surface area contributed by atoms with Gasteiger partial charge in [-0.05, 0) is 50.4 Å². The molecule has 0 spiro atoms. The van der Waals surface area contributed by atoms with Crippen LogP contribution in [0.3, 0.4) is 0 Å². The van der Waals surface area contributed by atoms with Crippen LogP contribution in [0, 0.1) is 12.8 Å². The van der Waals surface area contributed by atoms with Gasteiger partial charge in [-0.25, -0.2) is 4.68 Å². The maximum absolute atomic E-state index is 12.9. The minimum atomic E-state index is -4.43. The Hall–Kier alpha value is -2.06. The van der Waals surface area contributed by atoms with E-state index < -0.39 is 11.7 Å². The summed E-state index contributed by atoms with van der Waals surface area (Å²) in [6.45, 7) is 2.19. The zero-order chi connectivity index (χ0) is 18.9. The first-order valence-electron chi connectivity index (χ1n) is 8.54. The van der Waals surface area contributed by atoms with E-state index in [4.69, 9.17) is 5.73 Å². The van der Waals surface area contributed by atoms with Crippen molar-refractivity contribution in [2.45, 2.75) is 38.4 Å². The second-order valence-electron chi connectivity index (χ2n) is 6.61. The Balaban J connectivity index is 0.00000261. The monoisotopic (exact) mass is 402 g/mol. The van der Waals surface area contributed by atoms with E-state index in [0.29, 0.717) is 17.8 Å². The molecule has 0 bridgehead atoms. The molecule has 1 aliphatic rings. The second kappa shape index (κ2) is 8.31. The molecule has 5 nitrogen and oxygen atoms in total. The third-order valence-electron chi connectivity index (χ3n) is 4.95. The lowest BCUT2D eigenvalue weighted by molar-refractivity contribution is -0.137. The number of nitrogens with one attached hydrogen (secondary N) is 1. The molecule has 0 radical (unpaired) electrons. The fourth-order valence-corrected chi connectivity index (χ4v) is 3.46. The van der Waals surface area contributed by atoms with Crippen molar-refractivity contribution in [3.63, 3.8) is 0 Å². The van der Waals surface area contributed by atoms with Crippen molar-refractivity contribution in [2.24, 2.45) is 11.7 Å². The molecule has 0 saturated heterocycles. The number of alkyl halides is 3. The SMILES string of the molecule is Cc1c(C(=O)NC2CCCC2CN)cnn1-c1cccc(C(F)(F)F)c1.Cl. The van der Waals surface area contributed by atoms with Gasteiger partial charge in [-0.1, -0.05) is 12.5 Å². The van der Waals surface area contributed by atoms with Crippen molar-refractivity contribution in [3.8, 4) is 5.69 Å². The Bertz CT molecular complexity index is 806. The van der Waals surface area contributed by atoms with Crippen LogP contribution in [0.5, 0.6) is 0 Å². The first-order chi connectivity index (χ1) is 12.3. The molecular weight excluding hydrogens is 381 g/mol. The summed E-state index contributed by atoms with van der Waals surface area (Å²) in [5.41, 5.74) is 6.08. The van der Waals surface area contributed by atoms with Gasteiger partial charge in [0.1, 0.15) is 0 Å². The summed E-state index contributed by atoms with van der Waals surface area (Å²) >= 11 is 0. The lowest BCUT2D eigenvalue weighted by Crippen LogP contribution is -2.40. The molecular formula is C18H22ClF3N4O. The van der Waals surface area contributed by atoms with E-state index in [-0.39, 0.29) is 36.0 Å². The van der Waals surface area contributed by atoms with E-state index in [9.17, 15) is 18.0 Å². The number of benzene rings is 1. The van der Waals surface area contributed by atoms with Gasteiger partial charge in [0, 0.05) is 6.04 Å². The quantitative estimate of drug-likeness (QED) is 0.822. The van der Waals surface area contributed by atoms with Crippen LogP contribution in [-0.2, 0) is 6.18 Å². The fourth-order valence-electron chi connectivity index (χ4n) is 3.46. The number of carbonyl (C=O) groups excluding carboxylic acids is 1. The highest BCUT2D eigenvalue weighted by Crippen LogP contribution is 2.30. The highest BCUT2D eigenvalue weighted by molar-refractivity contribution is 5.95. The molecule has 1 fully saturated rings. The zero-order valence-corrected chi connectivity index (χ0v) is 15.6. The molecule has 3 rings (SSSR count). The van der Waals surface area contributed by atoms with Crippen LogP contribution < -0.4 is 11.1 Å². The number of hydrogen-bond donors (Lipinski definition) is 2. The van der Waals surface area contributed by atoms with Gasteiger partial charge in [-0.2, -0.15) is 18.3 Å². The summed E-state index contributed by atoms with van der Waals surface area (Å²) in [5.74, 6) is -0.0103. The van der Waals surface area contributed by atoms with Crippen LogP contribution in [-0.4, -0.2) is 28.3 Å².